The zero-order valence-electron chi connectivity index (χ0n) is 17.4. The lowest BCUT2D eigenvalue weighted by Gasteiger charge is -2.17. The summed E-state index contributed by atoms with van der Waals surface area (Å²) in [5.41, 5.74) is 1.96. The second-order valence-electron chi connectivity index (χ2n) is 7.24. The van der Waals surface area contributed by atoms with Crippen LogP contribution in [-0.2, 0) is 13.0 Å². The van der Waals surface area contributed by atoms with Crippen LogP contribution < -0.4 is 4.74 Å². The fourth-order valence-corrected chi connectivity index (χ4v) is 3.43. The monoisotopic (exact) mass is 438 g/mol. The van der Waals surface area contributed by atoms with Crippen molar-refractivity contribution in [1.29, 1.82) is 0 Å². The van der Waals surface area contributed by atoms with Crippen molar-refractivity contribution < 1.29 is 17.9 Å². The highest BCUT2D eigenvalue weighted by Crippen LogP contribution is 2.33. The van der Waals surface area contributed by atoms with Gasteiger partial charge in [-0.15, -0.1) is 0 Å². The largest absolute Gasteiger partial charge is 0.437 e. The Kier molecular flexibility index (Phi) is 6.20. The molecular formula is C24H21F3N4O. The molecule has 2 aromatic heterocycles. The number of benzene rings is 1. The van der Waals surface area contributed by atoms with E-state index in [1.54, 1.807) is 24.4 Å². The van der Waals surface area contributed by atoms with Gasteiger partial charge in [0.2, 0.25) is 5.88 Å². The maximum atomic E-state index is 14.7. The van der Waals surface area contributed by atoms with E-state index < -0.39 is 12.5 Å². The summed E-state index contributed by atoms with van der Waals surface area (Å²) >= 11 is 0. The number of aliphatic imine (C=N–C) groups is 1. The van der Waals surface area contributed by atoms with Crippen molar-refractivity contribution in [3.63, 3.8) is 0 Å². The zero-order valence-corrected chi connectivity index (χ0v) is 17.4. The van der Waals surface area contributed by atoms with Crippen LogP contribution in [0, 0.1) is 5.82 Å². The minimum absolute atomic E-state index is 0.225. The van der Waals surface area contributed by atoms with E-state index in [1.807, 2.05) is 13.0 Å². The van der Waals surface area contributed by atoms with Crippen LogP contribution >= 0.6 is 0 Å². The number of halogens is 3. The average Bonchev–Trinajstić information content (AvgIpc) is 3.16. The number of aromatic nitrogens is 3. The number of aryl methyl sites for hydroxylation is 1. The first-order valence-electron chi connectivity index (χ1n) is 10.2. The summed E-state index contributed by atoms with van der Waals surface area (Å²) in [7, 11) is 0. The van der Waals surface area contributed by atoms with Gasteiger partial charge in [-0.05, 0) is 54.3 Å². The molecule has 8 heteroatoms. The summed E-state index contributed by atoms with van der Waals surface area (Å²) in [5.74, 6) is -2.89. The summed E-state index contributed by atoms with van der Waals surface area (Å²) in [6.45, 7) is 1.38. The summed E-state index contributed by atoms with van der Waals surface area (Å²) < 4.78 is 50.3. The molecule has 0 fully saturated rings. The van der Waals surface area contributed by atoms with Crippen LogP contribution in [0.3, 0.4) is 0 Å². The average molecular weight is 438 g/mol. The number of imidazole rings is 1. The molecule has 0 spiro atoms. The number of hydrogen-bond acceptors (Lipinski definition) is 4. The third kappa shape index (κ3) is 4.80. The molecule has 4 rings (SSSR count). The fourth-order valence-electron chi connectivity index (χ4n) is 3.43. The lowest BCUT2D eigenvalue weighted by Crippen LogP contribution is -2.25. The van der Waals surface area contributed by atoms with Gasteiger partial charge in [0, 0.05) is 24.2 Å². The Balaban J connectivity index is 1.55. The predicted octanol–water partition coefficient (Wildman–Crippen LogP) is 5.60. The van der Waals surface area contributed by atoms with Crippen LogP contribution in [0.25, 0.3) is 11.1 Å². The Bertz CT molecular complexity index is 1180. The lowest BCUT2D eigenvalue weighted by atomic mass is 9.99. The van der Waals surface area contributed by atoms with Gasteiger partial charge in [0.1, 0.15) is 17.3 Å². The Morgan fingerprint density at radius 3 is 2.78 bits per heavy atom. The topological polar surface area (TPSA) is 52.3 Å². The van der Waals surface area contributed by atoms with Gasteiger partial charge in [-0.2, -0.15) is 8.78 Å². The fraction of sp³-hybridized carbons (Fsp3) is 0.208. The molecule has 32 heavy (non-hydrogen) atoms. The van der Waals surface area contributed by atoms with Crippen LogP contribution in [0.2, 0.25) is 0 Å². The van der Waals surface area contributed by atoms with Crippen molar-refractivity contribution in [1.82, 2.24) is 14.5 Å². The molecule has 164 valence electrons. The summed E-state index contributed by atoms with van der Waals surface area (Å²) in [5, 5.41) is 0. The zero-order chi connectivity index (χ0) is 22.6. The maximum Gasteiger partial charge on any atom is 0.306 e. The van der Waals surface area contributed by atoms with Crippen LogP contribution in [0.4, 0.5) is 13.2 Å². The standard InChI is InChI=1S/C24H21F3N4O/c1-2-17-13-18(25)8-9-20(17)21-6-4-10-29-23(21)32-19-5-3-7-22(30-14-19)24(26,27)15-31-12-11-28-16-31/h4-14,16H,2-3,15H2,1H3. The molecule has 0 atom stereocenters. The Morgan fingerprint density at radius 2 is 2.00 bits per heavy atom. The minimum atomic E-state index is -3.17. The van der Waals surface area contributed by atoms with E-state index in [-0.39, 0.29) is 17.9 Å². The number of nitrogens with zero attached hydrogens (tertiary/aromatic N) is 4. The Morgan fingerprint density at radius 1 is 1.12 bits per heavy atom. The molecule has 5 nitrogen and oxygen atoms in total. The molecule has 0 unspecified atom stereocenters. The van der Waals surface area contributed by atoms with Crippen molar-refractivity contribution in [3.05, 3.63) is 90.2 Å². The van der Waals surface area contributed by atoms with E-state index >= 15 is 0 Å². The highest BCUT2D eigenvalue weighted by atomic mass is 19.3. The van der Waals surface area contributed by atoms with Crippen LogP contribution in [0.15, 0.2) is 83.9 Å². The molecule has 0 N–H and O–H groups in total. The molecule has 0 saturated heterocycles. The molecule has 3 heterocycles. The summed E-state index contributed by atoms with van der Waals surface area (Å²) in [4.78, 5) is 12.1. The van der Waals surface area contributed by atoms with E-state index in [1.165, 1.54) is 47.7 Å². The van der Waals surface area contributed by atoms with Gasteiger partial charge < -0.3 is 9.30 Å². The van der Waals surface area contributed by atoms with E-state index in [2.05, 4.69) is 15.0 Å². The number of allylic oxidation sites excluding steroid dienone is 4. The Labute approximate surface area is 183 Å². The SMILES string of the molecule is CCc1cc(F)ccc1-c1cccnc1OC1=CCC=C(C(F)(F)Cn2ccnc2)N=C1. The van der Waals surface area contributed by atoms with Gasteiger partial charge >= 0.3 is 5.92 Å². The van der Waals surface area contributed by atoms with E-state index in [9.17, 15) is 13.2 Å². The van der Waals surface area contributed by atoms with Crippen LogP contribution in [0.5, 0.6) is 5.88 Å². The quantitative estimate of drug-likeness (QED) is 0.482. The maximum absolute atomic E-state index is 14.7. The van der Waals surface area contributed by atoms with Gasteiger partial charge in [-0.25, -0.2) is 14.4 Å². The molecule has 0 aliphatic carbocycles. The van der Waals surface area contributed by atoms with Crippen molar-refractivity contribution in [3.8, 4) is 17.0 Å². The van der Waals surface area contributed by atoms with Crippen molar-refractivity contribution in [2.75, 3.05) is 0 Å². The second kappa shape index (κ2) is 9.21. The first-order chi connectivity index (χ1) is 15.5. The van der Waals surface area contributed by atoms with Crippen molar-refractivity contribution in [2.45, 2.75) is 32.2 Å². The van der Waals surface area contributed by atoms with Gasteiger partial charge in [0.05, 0.1) is 19.1 Å². The molecule has 0 amide bonds. The number of ether oxygens (including phenoxy) is 1. The van der Waals surface area contributed by atoms with Crippen LogP contribution in [-0.4, -0.2) is 26.7 Å². The first-order valence-corrected chi connectivity index (χ1v) is 10.2. The molecular weight excluding hydrogens is 417 g/mol. The molecule has 1 aliphatic rings. The molecule has 0 bridgehead atoms. The first kappa shape index (κ1) is 21.5. The summed E-state index contributed by atoms with van der Waals surface area (Å²) in [6.07, 6.45) is 11.0. The predicted molar refractivity (Wildman–Crippen MR) is 116 cm³/mol. The molecule has 0 saturated carbocycles. The summed E-state index contributed by atoms with van der Waals surface area (Å²) in [6, 6.07) is 8.14. The van der Waals surface area contributed by atoms with E-state index in [4.69, 9.17) is 4.74 Å². The number of alkyl halides is 2. The minimum Gasteiger partial charge on any atom is -0.437 e. The highest BCUT2D eigenvalue weighted by Gasteiger charge is 2.35. The Hall–Kier alpha value is -3.68. The smallest absolute Gasteiger partial charge is 0.306 e. The third-order valence-electron chi connectivity index (χ3n) is 5.00. The highest BCUT2D eigenvalue weighted by molar-refractivity contribution is 5.79. The van der Waals surface area contributed by atoms with Crippen LogP contribution in [0.1, 0.15) is 18.9 Å². The third-order valence-corrected chi connectivity index (χ3v) is 5.00. The van der Waals surface area contributed by atoms with Gasteiger partial charge in [-0.1, -0.05) is 19.1 Å². The number of rotatable bonds is 7. The second-order valence-corrected chi connectivity index (χ2v) is 7.24. The normalized spacial score (nSPS) is 14.0. The van der Waals surface area contributed by atoms with Gasteiger partial charge in [0.15, 0.2) is 0 Å². The number of pyridine rings is 1. The van der Waals surface area contributed by atoms with Gasteiger partial charge in [-0.3, -0.25) is 4.99 Å². The van der Waals surface area contributed by atoms with Gasteiger partial charge in [0.25, 0.3) is 0 Å². The van der Waals surface area contributed by atoms with E-state index in [0.29, 0.717) is 23.6 Å². The van der Waals surface area contributed by atoms with Crippen molar-refractivity contribution in [2.24, 2.45) is 4.99 Å². The molecule has 3 aromatic rings. The number of hydrogen-bond donors (Lipinski definition) is 0. The lowest BCUT2D eigenvalue weighted by molar-refractivity contribution is 0.0216. The van der Waals surface area contributed by atoms with Crippen molar-refractivity contribution >= 4 is 6.21 Å². The molecule has 1 aliphatic heterocycles. The molecule has 0 radical (unpaired) electrons. The van der Waals surface area contributed by atoms with E-state index in [0.717, 1.165) is 11.1 Å². The molecule has 1 aromatic carbocycles.